The maximum Gasteiger partial charge on any atom is 0.328 e. The first-order chi connectivity index (χ1) is 11.9. The number of esters is 2. The Bertz CT molecular complexity index is 744. The van der Waals surface area contributed by atoms with Gasteiger partial charge in [-0.2, -0.15) is 0 Å². The van der Waals surface area contributed by atoms with Crippen LogP contribution in [0.1, 0.15) is 40.5 Å². The van der Waals surface area contributed by atoms with E-state index in [1.54, 1.807) is 6.07 Å². The van der Waals surface area contributed by atoms with Gasteiger partial charge in [-0.05, 0) is 41.7 Å². The zero-order chi connectivity index (χ0) is 18.4. The van der Waals surface area contributed by atoms with Gasteiger partial charge < -0.3 is 9.47 Å². The summed E-state index contributed by atoms with van der Waals surface area (Å²) in [7, 11) is 0. The Labute approximate surface area is 149 Å². The van der Waals surface area contributed by atoms with Crippen LogP contribution in [0, 0.1) is 11.3 Å². The third-order valence-corrected chi connectivity index (χ3v) is 4.47. The van der Waals surface area contributed by atoms with Gasteiger partial charge in [0.25, 0.3) is 0 Å². The molecule has 0 aliphatic carbocycles. The molecule has 0 radical (unpaired) electrons. The summed E-state index contributed by atoms with van der Waals surface area (Å²) in [5, 5.41) is 2.05. The lowest BCUT2D eigenvalue weighted by atomic mass is 9.82. The quantitative estimate of drug-likeness (QED) is 0.414. The van der Waals surface area contributed by atoms with E-state index in [0.29, 0.717) is 25.2 Å². The van der Waals surface area contributed by atoms with E-state index in [9.17, 15) is 9.59 Å². The van der Waals surface area contributed by atoms with E-state index in [2.05, 4.69) is 0 Å². The summed E-state index contributed by atoms with van der Waals surface area (Å²) in [6.07, 6.45) is 0.680. The smallest absolute Gasteiger partial charge is 0.328 e. The summed E-state index contributed by atoms with van der Waals surface area (Å²) in [4.78, 5) is 25.3. The second-order valence-corrected chi connectivity index (χ2v) is 6.68. The number of hydrogen-bond acceptors (Lipinski definition) is 4. The van der Waals surface area contributed by atoms with Crippen LogP contribution < -0.4 is 4.74 Å². The number of carbonyl (C=O) groups is 2. The molecule has 4 nitrogen and oxygen atoms in total. The molecular weight excluding hydrogens is 316 g/mol. The van der Waals surface area contributed by atoms with Crippen LogP contribution in [0.15, 0.2) is 42.5 Å². The normalized spacial score (nSPS) is 11.6. The minimum absolute atomic E-state index is 0.215. The Morgan fingerprint density at radius 2 is 1.60 bits per heavy atom. The number of hydrogen-bond donors (Lipinski definition) is 0. The predicted octanol–water partition coefficient (Wildman–Crippen LogP) is 4.75. The highest BCUT2D eigenvalue weighted by atomic mass is 16.6. The Morgan fingerprint density at radius 3 is 2.20 bits per heavy atom. The Kier molecular flexibility index (Phi) is 6.18. The molecule has 0 aliphatic rings. The molecule has 2 aromatic carbocycles. The number of carbonyl (C=O) groups excluding carboxylic acids is 2. The van der Waals surface area contributed by atoms with Crippen molar-refractivity contribution in [2.45, 2.75) is 40.5 Å². The predicted molar refractivity (Wildman–Crippen MR) is 98.4 cm³/mol. The molecule has 0 unspecified atom stereocenters. The van der Waals surface area contributed by atoms with Gasteiger partial charge in [-0.3, -0.25) is 9.59 Å². The van der Waals surface area contributed by atoms with E-state index < -0.39 is 17.4 Å². The van der Waals surface area contributed by atoms with Crippen LogP contribution >= 0.6 is 0 Å². The number of fused-ring (bicyclic) bond motifs is 1. The summed E-state index contributed by atoms with van der Waals surface area (Å²) in [6.45, 7) is 7.83. The van der Waals surface area contributed by atoms with Crippen molar-refractivity contribution < 1.29 is 19.1 Å². The second kappa shape index (κ2) is 8.15. The molecule has 0 saturated heterocycles. The fourth-order valence-corrected chi connectivity index (χ4v) is 2.73. The first kappa shape index (κ1) is 19.0. The Balaban J connectivity index is 2.22. The molecule has 0 saturated carbocycles. The maximum atomic E-state index is 12.8. The van der Waals surface area contributed by atoms with Crippen LogP contribution in [0.2, 0.25) is 0 Å². The zero-order valence-electron chi connectivity index (χ0n) is 15.4. The third kappa shape index (κ3) is 4.19. The van der Waals surface area contributed by atoms with Gasteiger partial charge in [0.2, 0.25) is 0 Å². The molecule has 0 amide bonds. The van der Waals surface area contributed by atoms with Gasteiger partial charge in [0, 0.05) is 0 Å². The van der Waals surface area contributed by atoms with Gasteiger partial charge in [-0.1, -0.05) is 58.0 Å². The van der Waals surface area contributed by atoms with Crippen molar-refractivity contribution in [2.24, 2.45) is 11.3 Å². The summed E-state index contributed by atoms with van der Waals surface area (Å²) < 4.78 is 10.9. The summed E-state index contributed by atoms with van der Waals surface area (Å²) in [6, 6.07) is 13.3. The van der Waals surface area contributed by atoms with Crippen LogP contribution in [-0.4, -0.2) is 18.5 Å². The van der Waals surface area contributed by atoms with Gasteiger partial charge in [0.15, 0.2) is 5.41 Å². The molecule has 0 spiro atoms. The van der Waals surface area contributed by atoms with E-state index in [-0.39, 0.29) is 5.92 Å². The highest BCUT2D eigenvalue weighted by Crippen LogP contribution is 2.32. The van der Waals surface area contributed by atoms with E-state index in [1.807, 2.05) is 64.1 Å². The molecule has 0 heterocycles. The number of ether oxygens (including phenoxy) is 2. The van der Waals surface area contributed by atoms with Crippen molar-refractivity contribution in [3.8, 4) is 5.75 Å². The average Bonchev–Trinajstić information content (AvgIpc) is 2.61. The lowest BCUT2D eigenvalue weighted by molar-refractivity contribution is -0.168. The molecule has 0 N–H and O–H groups in total. The van der Waals surface area contributed by atoms with Crippen molar-refractivity contribution in [1.29, 1.82) is 0 Å². The van der Waals surface area contributed by atoms with Crippen LogP contribution in [0.25, 0.3) is 10.8 Å². The van der Waals surface area contributed by atoms with E-state index in [1.165, 1.54) is 0 Å². The molecule has 2 aromatic rings. The highest BCUT2D eigenvalue weighted by molar-refractivity contribution is 6.01. The first-order valence-electron chi connectivity index (χ1n) is 8.81. The van der Waals surface area contributed by atoms with Crippen molar-refractivity contribution in [1.82, 2.24) is 0 Å². The highest BCUT2D eigenvalue weighted by Gasteiger charge is 2.46. The molecule has 0 aliphatic heterocycles. The molecule has 25 heavy (non-hydrogen) atoms. The van der Waals surface area contributed by atoms with Crippen LogP contribution in [-0.2, 0) is 14.3 Å². The fourth-order valence-electron chi connectivity index (χ4n) is 2.73. The molecular formula is C21H26O4. The molecule has 134 valence electrons. The van der Waals surface area contributed by atoms with Gasteiger partial charge in [0.05, 0.1) is 6.61 Å². The Morgan fingerprint density at radius 1 is 0.960 bits per heavy atom. The third-order valence-electron chi connectivity index (χ3n) is 4.47. The number of rotatable bonds is 7. The Hall–Kier alpha value is -2.36. The number of benzene rings is 2. The van der Waals surface area contributed by atoms with E-state index >= 15 is 0 Å². The van der Waals surface area contributed by atoms with Crippen molar-refractivity contribution in [3.63, 3.8) is 0 Å². The summed E-state index contributed by atoms with van der Waals surface area (Å²) in [5.41, 5.74) is -1.26. The lowest BCUT2D eigenvalue weighted by Gasteiger charge is -2.27. The van der Waals surface area contributed by atoms with Gasteiger partial charge in [-0.25, -0.2) is 0 Å². The van der Waals surface area contributed by atoms with Crippen LogP contribution in [0.3, 0.4) is 0 Å². The lowest BCUT2D eigenvalue weighted by Crippen LogP contribution is -2.43. The van der Waals surface area contributed by atoms with Gasteiger partial charge in [0.1, 0.15) is 5.75 Å². The molecule has 0 aromatic heterocycles. The van der Waals surface area contributed by atoms with E-state index in [4.69, 9.17) is 9.47 Å². The molecule has 0 fully saturated rings. The fraction of sp³-hybridized carbons (Fsp3) is 0.429. The average molecular weight is 342 g/mol. The monoisotopic (exact) mass is 342 g/mol. The molecule has 2 rings (SSSR count). The van der Waals surface area contributed by atoms with Crippen LogP contribution in [0.5, 0.6) is 5.75 Å². The summed E-state index contributed by atoms with van der Waals surface area (Å²) >= 11 is 0. The van der Waals surface area contributed by atoms with E-state index in [0.717, 1.165) is 10.8 Å². The minimum atomic E-state index is -1.26. The van der Waals surface area contributed by atoms with Gasteiger partial charge >= 0.3 is 11.9 Å². The summed E-state index contributed by atoms with van der Waals surface area (Å²) in [5.74, 6) is -0.406. The standard InChI is InChI=1S/C21H26O4/c1-5-21(6-2,19(22)24-14-15(3)4)20(23)25-18-12-11-16-9-7-8-10-17(16)13-18/h7-13,15H,5-6,14H2,1-4H3. The first-order valence-corrected chi connectivity index (χ1v) is 8.81. The van der Waals surface area contributed by atoms with Crippen LogP contribution in [0.4, 0.5) is 0 Å². The second-order valence-electron chi connectivity index (χ2n) is 6.68. The van der Waals surface area contributed by atoms with Gasteiger partial charge in [-0.15, -0.1) is 0 Å². The SMILES string of the molecule is CCC(CC)(C(=O)OCC(C)C)C(=O)Oc1ccc2ccccc2c1. The minimum Gasteiger partial charge on any atom is -0.465 e. The molecule has 4 heteroatoms. The topological polar surface area (TPSA) is 52.6 Å². The van der Waals surface area contributed by atoms with Crippen molar-refractivity contribution in [3.05, 3.63) is 42.5 Å². The van der Waals surface area contributed by atoms with Crippen molar-refractivity contribution >= 4 is 22.7 Å². The molecule has 0 bridgehead atoms. The zero-order valence-corrected chi connectivity index (χ0v) is 15.4. The maximum absolute atomic E-state index is 12.8. The largest absolute Gasteiger partial charge is 0.465 e. The van der Waals surface area contributed by atoms with Crippen molar-refractivity contribution in [2.75, 3.05) is 6.61 Å². The molecule has 0 atom stereocenters.